The first-order valence-electron chi connectivity index (χ1n) is 30.8. The number of aliphatic carboxylic acids is 3. The molecule has 0 amide bonds. The lowest BCUT2D eigenvalue weighted by atomic mass is 9.83. The topological polar surface area (TPSA) is 347 Å². The molecule has 93 heavy (non-hydrogen) atoms. The number of rotatable bonds is 7. The lowest BCUT2D eigenvalue weighted by Gasteiger charge is -2.23. The van der Waals surface area contributed by atoms with Crippen molar-refractivity contribution in [2.45, 2.75) is 51.9 Å². The highest BCUT2D eigenvalue weighted by Crippen LogP contribution is 2.54. The molecule has 2 aromatic carbocycles. The molecule has 20 atom stereocenters. The quantitative estimate of drug-likeness (QED) is 0.0535. The Kier molecular flexibility index (Phi) is 21.2. The second-order valence-electron chi connectivity index (χ2n) is 25.0. The number of aryl methyl sites for hydroxylation is 1. The van der Waals surface area contributed by atoms with E-state index in [4.69, 9.17) is 37.0 Å². The normalized spacial score (nSPS) is 33.9. The van der Waals surface area contributed by atoms with Crippen LogP contribution in [-0.4, -0.2) is 108 Å². The second-order valence-corrected chi connectivity index (χ2v) is 25.0. The van der Waals surface area contributed by atoms with Gasteiger partial charge in [0.25, 0.3) is 0 Å². The molecule has 3 aliphatic heterocycles. The van der Waals surface area contributed by atoms with Crippen molar-refractivity contribution in [1.82, 2.24) is 0 Å². The number of carbonyl (C=O) groups excluding carboxylic acids is 9. The van der Waals surface area contributed by atoms with Gasteiger partial charge in [0, 0.05) is 23.4 Å². The van der Waals surface area contributed by atoms with Crippen molar-refractivity contribution in [2.75, 3.05) is 27.1 Å². The second kappa shape index (κ2) is 29.2. The number of carbonyl (C=O) groups is 12. The molecule has 488 valence electrons. The predicted octanol–water partition coefficient (Wildman–Crippen LogP) is 7.11. The first-order chi connectivity index (χ1) is 44.5. The summed E-state index contributed by atoms with van der Waals surface area (Å²) in [5, 5.41) is 26.7. The maximum atomic E-state index is 11.6. The van der Waals surface area contributed by atoms with E-state index in [1.165, 1.54) is 50.9 Å². The fourth-order valence-corrected chi connectivity index (χ4v) is 15.6. The molecule has 22 heteroatoms. The molecule has 5 saturated carbocycles. The van der Waals surface area contributed by atoms with Crippen molar-refractivity contribution < 1.29 is 101 Å². The summed E-state index contributed by atoms with van der Waals surface area (Å²) in [6.45, 7) is 2.14. The Morgan fingerprint density at radius 2 is 0.796 bits per heavy atom. The molecule has 0 radical (unpaired) electrons. The Morgan fingerprint density at radius 3 is 1.08 bits per heavy atom. The molecule has 2 saturated heterocycles. The number of anilines is 1. The summed E-state index contributed by atoms with van der Waals surface area (Å²) in [6.07, 6.45) is 36.1. The number of hydrogen-bond donors (Lipinski definition) is 4. The number of carboxylic acids is 3. The third kappa shape index (κ3) is 14.6. The molecule has 2 aromatic rings. The molecule has 5 N–H and O–H groups in total. The summed E-state index contributed by atoms with van der Waals surface area (Å²) < 4.78 is 27.2. The lowest BCUT2D eigenvalue weighted by Crippen LogP contribution is -2.34. The number of terminal acetylenes is 1. The van der Waals surface area contributed by atoms with Gasteiger partial charge in [-0.1, -0.05) is 109 Å². The summed E-state index contributed by atoms with van der Waals surface area (Å²) in [4.78, 5) is 132. The monoisotopic (exact) mass is 1280 g/mol. The van der Waals surface area contributed by atoms with E-state index in [2.05, 4.69) is 62.1 Å². The van der Waals surface area contributed by atoms with E-state index >= 15 is 0 Å². The van der Waals surface area contributed by atoms with E-state index in [1.54, 1.807) is 12.1 Å². The summed E-state index contributed by atoms with van der Waals surface area (Å²) in [6, 6.07) is 16.0. The molecule has 16 rings (SSSR count). The van der Waals surface area contributed by atoms with Gasteiger partial charge < -0.3 is 49.5 Å². The molecule has 11 aliphatic carbocycles. The van der Waals surface area contributed by atoms with E-state index in [0.717, 1.165) is 43.4 Å². The zero-order valence-corrected chi connectivity index (χ0v) is 51.5. The third-order valence-corrected chi connectivity index (χ3v) is 19.9. The number of nitrogens with two attached hydrogens (primary N) is 1. The lowest BCUT2D eigenvalue weighted by molar-refractivity contribution is -0.158. The maximum absolute atomic E-state index is 11.6. The number of nitrogen functional groups attached to an aromatic ring is 1. The van der Waals surface area contributed by atoms with E-state index in [0.29, 0.717) is 12.1 Å². The highest BCUT2D eigenvalue weighted by molar-refractivity contribution is 6.05. The number of cyclic esters (lactones) is 6. The van der Waals surface area contributed by atoms with Crippen molar-refractivity contribution in [3.05, 3.63) is 144 Å². The molecule has 10 bridgehead atoms. The van der Waals surface area contributed by atoms with E-state index < -0.39 is 59.5 Å². The standard InChI is InChI=1S/C11H14O4.C11H12.C10H12O4.C9H10O4.2C9H8O3.C8H7N.C4H2O3/c1-14-10(12)8-6-3-4-7(5-6)9(8)11(13)15-2;1-9-4-2-7-11(8-9)10-5-3-6-10;1-14-10(13)8-6-3-2-5(4-6)7(8)9(11)12;10-8(11)6-4-1-2-5(3-4)7(6)9(12)13;2*10-8-6-4-1-2-5(3-4)7(6)9(11)12-8;1-2-7-4-3-5-8(9)6-7;5-3-1-2-4(6)7-3/h3-4,6-9H,5H2,1-2H3;2,4-5,7-8H,3,6H2,1H3;2-3,5-8H,4H2,1H3,(H,11,12);1-2,4-7H,3H2,(H,10,11)(H,12,13);2*1-2,4-7H,3H2;1,3-6H,9H2;1-2H/t;;;;4-,5?,6+,7-;;;/m....0.../s1. The van der Waals surface area contributed by atoms with Crippen molar-refractivity contribution in [1.29, 1.82) is 0 Å². The average Bonchev–Trinajstić information content (AvgIpc) is 1.62. The Balaban J connectivity index is 0.000000126. The van der Waals surface area contributed by atoms with Crippen LogP contribution in [-0.2, 0) is 86.0 Å². The number of benzene rings is 2. The van der Waals surface area contributed by atoms with Gasteiger partial charge in [-0.3, -0.25) is 47.9 Å². The molecule has 0 aromatic heterocycles. The first-order valence-corrected chi connectivity index (χ1v) is 30.8. The van der Waals surface area contributed by atoms with Crippen molar-refractivity contribution in [3.63, 3.8) is 0 Å². The van der Waals surface area contributed by atoms with Gasteiger partial charge in [0.15, 0.2) is 0 Å². The van der Waals surface area contributed by atoms with Crippen LogP contribution in [0.2, 0.25) is 0 Å². The SMILES string of the molecule is C#Cc1cccc(N)c1.COC(=O)C1C2C=CC(C2)C1C(=O)O.COC(=O)C1C2C=CC(C2)C1C(=O)OC.Cc1cccc(C2=CCC2)c1.O=C(O)C1C2C=CC(C2)C1C(=O)O.O=C1C=CC(=O)O1.O=C1OC(=O)C2C3C=CC(C3)C12.O=C1OC(=O)[C@H]2C3C=C[C@@H](C3)[C@@H]12. The van der Waals surface area contributed by atoms with Gasteiger partial charge >= 0.3 is 71.6 Å². The van der Waals surface area contributed by atoms with Gasteiger partial charge in [0.1, 0.15) is 0 Å². The van der Waals surface area contributed by atoms with Crippen LogP contribution in [0.5, 0.6) is 0 Å². The first kappa shape index (κ1) is 67.6. The average molecular weight is 1280 g/mol. The van der Waals surface area contributed by atoms with Gasteiger partial charge in [-0.05, 0) is 140 Å². The number of ether oxygens (including phenoxy) is 6. The van der Waals surface area contributed by atoms with Crippen LogP contribution in [0.3, 0.4) is 0 Å². The molecule has 22 nitrogen and oxygen atoms in total. The minimum absolute atomic E-state index is 0.0154. The maximum Gasteiger partial charge on any atom is 0.338 e. The van der Waals surface area contributed by atoms with Gasteiger partial charge in [0.2, 0.25) is 0 Å². The zero-order valence-electron chi connectivity index (χ0n) is 51.5. The molecule has 0 spiro atoms. The molecule has 17 unspecified atom stereocenters. The van der Waals surface area contributed by atoms with E-state index in [-0.39, 0.29) is 131 Å². The highest BCUT2D eigenvalue weighted by atomic mass is 16.6. The zero-order chi connectivity index (χ0) is 67.1. The minimum Gasteiger partial charge on any atom is -0.481 e. The molecule has 7 fully saturated rings. The van der Waals surface area contributed by atoms with Crippen LogP contribution < -0.4 is 5.73 Å². The van der Waals surface area contributed by atoms with E-state index in [1.807, 2.05) is 72.9 Å². The summed E-state index contributed by atoms with van der Waals surface area (Å²) in [7, 11) is 4.01. The van der Waals surface area contributed by atoms with Gasteiger partial charge in [-0.15, -0.1) is 6.42 Å². The van der Waals surface area contributed by atoms with Crippen LogP contribution in [0.15, 0.2) is 128 Å². The fourth-order valence-electron chi connectivity index (χ4n) is 15.6. The number of carboxylic acid groups (broad SMARTS) is 3. The summed E-state index contributed by atoms with van der Waals surface area (Å²) in [5.41, 5.74) is 11.3. The van der Waals surface area contributed by atoms with Crippen LogP contribution in [0, 0.1) is 138 Å². The minimum atomic E-state index is -0.982. The Hall–Kier alpha value is -9.78. The van der Waals surface area contributed by atoms with E-state index in [9.17, 15) is 57.5 Å². The Bertz CT molecular complexity index is 3420. The Labute approximate surface area is 535 Å². The highest BCUT2D eigenvalue weighted by Gasteiger charge is 2.60. The van der Waals surface area contributed by atoms with Gasteiger partial charge in [-0.25, -0.2) is 9.59 Å². The fraction of sp³-hybridized carbons (Fsp3) is 0.437. The summed E-state index contributed by atoms with van der Waals surface area (Å²) in [5.74, 6) is -6.18. The van der Waals surface area contributed by atoms with Crippen molar-refractivity contribution in [2.24, 2.45) is 118 Å². The predicted molar refractivity (Wildman–Crippen MR) is 327 cm³/mol. The number of esters is 9. The number of hydrogen-bond acceptors (Lipinski definition) is 19. The number of fused-ring (bicyclic) bond motifs is 16. The van der Waals surface area contributed by atoms with Crippen LogP contribution in [0.1, 0.15) is 61.6 Å². The molecular weight excluding hydrogens is 1200 g/mol. The van der Waals surface area contributed by atoms with Crippen molar-refractivity contribution >= 4 is 82.9 Å². The molecule has 3 heterocycles. The summed E-state index contributed by atoms with van der Waals surface area (Å²) >= 11 is 0. The van der Waals surface area contributed by atoms with Crippen LogP contribution in [0.4, 0.5) is 5.69 Å². The smallest absolute Gasteiger partial charge is 0.338 e. The largest absolute Gasteiger partial charge is 0.481 e. The van der Waals surface area contributed by atoms with Crippen LogP contribution in [0.25, 0.3) is 5.57 Å². The number of methoxy groups -OCH3 is 3. The molecular formula is C71H73NO21. The number of allylic oxidation sites excluding steroid dienone is 12. The third-order valence-electron chi connectivity index (χ3n) is 19.9. The Morgan fingerprint density at radius 1 is 0.473 bits per heavy atom. The van der Waals surface area contributed by atoms with Crippen LogP contribution >= 0.6 is 0 Å². The van der Waals surface area contributed by atoms with Gasteiger partial charge in [-0.2, -0.15) is 0 Å². The molecule has 14 aliphatic rings. The van der Waals surface area contributed by atoms with Gasteiger partial charge in [0.05, 0.1) is 80.5 Å². The van der Waals surface area contributed by atoms with Crippen molar-refractivity contribution in [3.8, 4) is 12.3 Å².